The second kappa shape index (κ2) is 9.26. The van der Waals surface area contributed by atoms with Crippen LogP contribution in [0.4, 0.5) is 0 Å². The molecule has 10 atom stereocenters. The van der Waals surface area contributed by atoms with Crippen LogP contribution in [-0.2, 0) is 9.53 Å². The molecule has 0 aliphatic heterocycles. The first-order valence-electron chi connectivity index (χ1n) is 14.2. The van der Waals surface area contributed by atoms with Crippen molar-refractivity contribution in [1.82, 2.24) is 0 Å². The lowest BCUT2D eigenvalue weighted by atomic mass is 9.44. The van der Waals surface area contributed by atoms with E-state index in [1.165, 1.54) is 57.8 Å². The molecule has 0 amide bonds. The predicted molar refractivity (Wildman–Crippen MR) is 133 cm³/mol. The Kier molecular flexibility index (Phi) is 7.11. The summed E-state index contributed by atoms with van der Waals surface area (Å²) >= 11 is 0. The summed E-state index contributed by atoms with van der Waals surface area (Å²) in [7, 11) is 0. The van der Waals surface area contributed by atoms with E-state index in [2.05, 4.69) is 41.5 Å². The van der Waals surface area contributed by atoms with Crippen LogP contribution < -0.4 is 0 Å². The quantitative estimate of drug-likeness (QED) is 0.385. The summed E-state index contributed by atoms with van der Waals surface area (Å²) in [5, 5.41) is 0. The first kappa shape index (κ1) is 24.6. The Morgan fingerprint density at radius 3 is 2.25 bits per heavy atom. The number of rotatable bonds is 6. The average Bonchev–Trinajstić information content (AvgIpc) is 3.08. The maximum Gasteiger partial charge on any atom is 0.302 e. The van der Waals surface area contributed by atoms with Gasteiger partial charge in [0.05, 0.1) is 0 Å². The summed E-state index contributed by atoms with van der Waals surface area (Å²) in [5.74, 6) is 6.99. The Morgan fingerprint density at radius 2 is 1.56 bits per heavy atom. The molecule has 2 heteroatoms. The van der Waals surface area contributed by atoms with Crippen LogP contribution in [0.15, 0.2) is 0 Å². The normalized spacial score (nSPS) is 45.5. The SMILES string of the molecule is CC(=O)OC1CCC2(C)C3CCC4(C)C(CCC4[C@H](C)CCC(C)C(C)C)C3CC[C@H]2C1. The number of carbonyl (C=O) groups excluding carboxylic acids is 1. The van der Waals surface area contributed by atoms with E-state index in [-0.39, 0.29) is 12.1 Å². The Bertz CT molecular complexity index is 670. The summed E-state index contributed by atoms with van der Waals surface area (Å²) in [5.41, 5.74) is 1.07. The van der Waals surface area contributed by atoms with E-state index in [0.717, 1.165) is 60.2 Å². The second-order valence-electron chi connectivity index (χ2n) is 13.7. The molecule has 0 bridgehead atoms. The van der Waals surface area contributed by atoms with Crippen LogP contribution in [0, 0.1) is 58.2 Å². The van der Waals surface area contributed by atoms with Crippen molar-refractivity contribution in [2.75, 3.05) is 0 Å². The lowest BCUT2D eigenvalue weighted by Crippen LogP contribution is -2.54. The minimum absolute atomic E-state index is 0.0883. The Morgan fingerprint density at radius 1 is 0.875 bits per heavy atom. The molecule has 0 spiro atoms. The standard InChI is InChI=1S/C30H52O2/c1-19(2)20(3)8-9-21(4)26-12-13-27-25-11-10-23-18-24(32-22(5)31)14-16-29(23,6)28(25)15-17-30(26,27)7/h19-21,23-28H,8-18H2,1-7H3/t20?,21-,23+,24?,25?,26?,27?,28?,29?,30?/m1/s1. The number of hydrogen-bond acceptors (Lipinski definition) is 2. The van der Waals surface area contributed by atoms with E-state index in [0.29, 0.717) is 10.8 Å². The van der Waals surface area contributed by atoms with Crippen LogP contribution in [0.1, 0.15) is 119 Å². The van der Waals surface area contributed by atoms with Gasteiger partial charge in [0, 0.05) is 6.92 Å². The van der Waals surface area contributed by atoms with Gasteiger partial charge in [-0.2, -0.15) is 0 Å². The molecule has 0 heterocycles. The van der Waals surface area contributed by atoms with Crippen molar-refractivity contribution in [2.45, 2.75) is 125 Å². The van der Waals surface area contributed by atoms with Crippen molar-refractivity contribution >= 4 is 5.97 Å². The summed E-state index contributed by atoms with van der Waals surface area (Å²) in [6, 6.07) is 0. The van der Waals surface area contributed by atoms with Gasteiger partial charge in [0.2, 0.25) is 0 Å². The number of hydrogen-bond donors (Lipinski definition) is 0. The maximum atomic E-state index is 11.5. The fraction of sp³-hybridized carbons (Fsp3) is 0.967. The Balaban J connectivity index is 1.43. The van der Waals surface area contributed by atoms with E-state index in [4.69, 9.17) is 4.74 Å². The van der Waals surface area contributed by atoms with E-state index in [9.17, 15) is 4.79 Å². The van der Waals surface area contributed by atoms with Gasteiger partial charge < -0.3 is 4.74 Å². The van der Waals surface area contributed by atoms with E-state index >= 15 is 0 Å². The first-order chi connectivity index (χ1) is 15.1. The molecule has 0 radical (unpaired) electrons. The van der Waals surface area contributed by atoms with Gasteiger partial charge in [0.15, 0.2) is 0 Å². The van der Waals surface area contributed by atoms with Crippen LogP contribution in [0.5, 0.6) is 0 Å². The molecule has 0 aromatic heterocycles. The highest BCUT2D eigenvalue weighted by molar-refractivity contribution is 5.66. The number of ether oxygens (including phenoxy) is 1. The molecule has 8 unspecified atom stereocenters. The van der Waals surface area contributed by atoms with E-state index in [1.807, 2.05) is 0 Å². The zero-order valence-corrected chi connectivity index (χ0v) is 22.3. The monoisotopic (exact) mass is 444 g/mol. The summed E-state index contributed by atoms with van der Waals surface area (Å²) in [6.07, 6.45) is 15.2. The zero-order chi connectivity index (χ0) is 23.3. The van der Waals surface area contributed by atoms with Crippen molar-refractivity contribution < 1.29 is 9.53 Å². The van der Waals surface area contributed by atoms with Gasteiger partial charge >= 0.3 is 5.97 Å². The van der Waals surface area contributed by atoms with Crippen LogP contribution >= 0.6 is 0 Å². The number of fused-ring (bicyclic) bond motifs is 5. The smallest absolute Gasteiger partial charge is 0.302 e. The molecule has 4 fully saturated rings. The van der Waals surface area contributed by atoms with E-state index in [1.54, 1.807) is 6.92 Å². The van der Waals surface area contributed by atoms with Crippen LogP contribution in [0.2, 0.25) is 0 Å². The summed E-state index contributed by atoms with van der Waals surface area (Å²) < 4.78 is 5.66. The summed E-state index contributed by atoms with van der Waals surface area (Å²) in [4.78, 5) is 11.5. The highest BCUT2D eigenvalue weighted by atomic mass is 16.5. The minimum atomic E-state index is -0.0883. The van der Waals surface area contributed by atoms with Crippen LogP contribution in [0.25, 0.3) is 0 Å². The number of carbonyl (C=O) groups is 1. The molecule has 0 aromatic rings. The highest BCUT2D eigenvalue weighted by Crippen LogP contribution is 2.68. The highest BCUT2D eigenvalue weighted by Gasteiger charge is 2.60. The molecule has 0 N–H and O–H groups in total. The lowest BCUT2D eigenvalue weighted by molar-refractivity contribution is -0.160. The Labute approximate surface area is 199 Å². The molecule has 2 nitrogen and oxygen atoms in total. The van der Waals surface area contributed by atoms with Crippen molar-refractivity contribution in [3.05, 3.63) is 0 Å². The second-order valence-corrected chi connectivity index (χ2v) is 13.7. The third-order valence-electron chi connectivity index (χ3n) is 11.9. The summed E-state index contributed by atoms with van der Waals surface area (Å²) in [6.45, 7) is 16.7. The van der Waals surface area contributed by atoms with E-state index < -0.39 is 0 Å². The number of esters is 1. The lowest BCUT2D eigenvalue weighted by Gasteiger charge is -2.61. The molecule has 0 saturated heterocycles. The molecule has 184 valence electrons. The van der Waals surface area contributed by atoms with Gasteiger partial charge in [-0.3, -0.25) is 4.79 Å². The molecular formula is C30H52O2. The zero-order valence-electron chi connectivity index (χ0n) is 22.3. The minimum Gasteiger partial charge on any atom is -0.463 e. The fourth-order valence-corrected chi connectivity index (χ4v) is 9.60. The molecule has 4 rings (SSSR count). The van der Waals surface area contributed by atoms with Gasteiger partial charge in [0.25, 0.3) is 0 Å². The van der Waals surface area contributed by atoms with Crippen LogP contribution in [0.3, 0.4) is 0 Å². The van der Waals surface area contributed by atoms with Crippen molar-refractivity contribution in [1.29, 1.82) is 0 Å². The molecule has 4 saturated carbocycles. The molecule has 4 aliphatic carbocycles. The van der Waals surface area contributed by atoms with Gasteiger partial charge in [-0.25, -0.2) is 0 Å². The fourth-order valence-electron chi connectivity index (χ4n) is 9.60. The molecule has 0 aromatic carbocycles. The third-order valence-corrected chi connectivity index (χ3v) is 11.9. The van der Waals surface area contributed by atoms with Gasteiger partial charge in [0.1, 0.15) is 6.10 Å². The van der Waals surface area contributed by atoms with Crippen molar-refractivity contribution in [3.8, 4) is 0 Å². The largest absolute Gasteiger partial charge is 0.463 e. The van der Waals surface area contributed by atoms with Gasteiger partial charge in [-0.15, -0.1) is 0 Å². The van der Waals surface area contributed by atoms with Crippen molar-refractivity contribution in [2.24, 2.45) is 58.2 Å². The molecule has 32 heavy (non-hydrogen) atoms. The molecule has 4 aliphatic rings. The van der Waals surface area contributed by atoms with Gasteiger partial charge in [-0.05, 0) is 116 Å². The van der Waals surface area contributed by atoms with Crippen LogP contribution in [-0.4, -0.2) is 12.1 Å². The Hall–Kier alpha value is -0.530. The predicted octanol–water partition coefficient (Wildman–Crippen LogP) is 8.29. The maximum absolute atomic E-state index is 11.5. The average molecular weight is 445 g/mol. The van der Waals surface area contributed by atoms with Gasteiger partial charge in [-0.1, -0.05) is 54.4 Å². The first-order valence-corrected chi connectivity index (χ1v) is 14.2. The third kappa shape index (κ3) is 4.31. The van der Waals surface area contributed by atoms with Crippen molar-refractivity contribution in [3.63, 3.8) is 0 Å². The topological polar surface area (TPSA) is 26.3 Å². The molecular weight excluding hydrogens is 392 g/mol.